The van der Waals surface area contributed by atoms with Gasteiger partial charge in [-0.2, -0.15) is 0 Å². The van der Waals surface area contributed by atoms with Crippen LogP contribution in [0.2, 0.25) is 5.02 Å². The van der Waals surface area contributed by atoms with Crippen LogP contribution in [0.15, 0.2) is 24.3 Å². The summed E-state index contributed by atoms with van der Waals surface area (Å²) in [7, 11) is 2.10. The fraction of sp³-hybridized carbons (Fsp3) is 0.571. The summed E-state index contributed by atoms with van der Waals surface area (Å²) in [6.45, 7) is 7.77. The Morgan fingerprint density at radius 2 is 1.89 bits per heavy atom. The lowest BCUT2D eigenvalue weighted by Gasteiger charge is -2.18. The van der Waals surface area contributed by atoms with E-state index in [2.05, 4.69) is 31.1 Å². The summed E-state index contributed by atoms with van der Waals surface area (Å²) in [4.78, 5) is 2.26. The number of hydrogen-bond donors (Lipinski definition) is 1. The molecule has 0 saturated heterocycles. The number of anilines is 1. The van der Waals surface area contributed by atoms with E-state index in [0.717, 1.165) is 37.0 Å². The van der Waals surface area contributed by atoms with Crippen molar-refractivity contribution in [3.05, 3.63) is 29.3 Å². The SMILES string of the molecule is CC(C)OCCN(C)CCNc1ccc(Cl)cc1. The summed E-state index contributed by atoms with van der Waals surface area (Å²) >= 11 is 5.83. The lowest BCUT2D eigenvalue weighted by atomic mass is 10.3. The number of nitrogens with one attached hydrogen (secondary N) is 1. The van der Waals surface area contributed by atoms with Gasteiger partial charge in [-0.05, 0) is 45.2 Å². The van der Waals surface area contributed by atoms with E-state index in [4.69, 9.17) is 16.3 Å². The fourth-order valence-corrected chi connectivity index (χ4v) is 1.64. The quantitative estimate of drug-likeness (QED) is 0.786. The molecule has 0 aromatic heterocycles. The van der Waals surface area contributed by atoms with E-state index in [1.165, 1.54) is 0 Å². The molecule has 1 rings (SSSR count). The van der Waals surface area contributed by atoms with Gasteiger partial charge in [0.1, 0.15) is 0 Å². The predicted molar refractivity (Wildman–Crippen MR) is 78.5 cm³/mol. The highest BCUT2D eigenvalue weighted by Crippen LogP contribution is 2.12. The van der Waals surface area contributed by atoms with Crippen molar-refractivity contribution in [3.63, 3.8) is 0 Å². The van der Waals surface area contributed by atoms with E-state index < -0.39 is 0 Å². The molecule has 0 atom stereocenters. The first-order valence-corrected chi connectivity index (χ1v) is 6.75. The Morgan fingerprint density at radius 1 is 1.22 bits per heavy atom. The monoisotopic (exact) mass is 270 g/mol. The summed E-state index contributed by atoms with van der Waals surface area (Å²) in [5.41, 5.74) is 1.10. The maximum atomic E-state index is 5.83. The molecule has 18 heavy (non-hydrogen) atoms. The molecule has 0 unspecified atom stereocenters. The number of ether oxygens (including phenoxy) is 1. The number of benzene rings is 1. The first-order chi connectivity index (χ1) is 8.58. The van der Waals surface area contributed by atoms with Crippen molar-refractivity contribution in [2.24, 2.45) is 0 Å². The molecular formula is C14H23ClN2O. The first kappa shape index (κ1) is 15.3. The van der Waals surface area contributed by atoms with Gasteiger partial charge in [-0.3, -0.25) is 0 Å². The Hall–Kier alpha value is -0.770. The minimum Gasteiger partial charge on any atom is -0.384 e. The van der Waals surface area contributed by atoms with Crippen molar-refractivity contribution in [1.82, 2.24) is 4.90 Å². The van der Waals surface area contributed by atoms with E-state index in [1.54, 1.807) is 0 Å². The largest absolute Gasteiger partial charge is 0.384 e. The third-order valence-corrected chi connectivity index (χ3v) is 2.84. The maximum Gasteiger partial charge on any atom is 0.0596 e. The molecular weight excluding hydrogens is 248 g/mol. The Kier molecular flexibility index (Phi) is 7.09. The van der Waals surface area contributed by atoms with Crippen LogP contribution in [0.1, 0.15) is 13.8 Å². The summed E-state index contributed by atoms with van der Waals surface area (Å²) in [6, 6.07) is 7.77. The van der Waals surface area contributed by atoms with Crippen LogP contribution in [-0.2, 0) is 4.74 Å². The summed E-state index contributed by atoms with van der Waals surface area (Å²) in [5, 5.41) is 4.13. The standard InChI is InChI=1S/C14H23ClN2O/c1-12(2)18-11-10-17(3)9-8-16-14-6-4-13(15)5-7-14/h4-7,12,16H,8-11H2,1-3H3. The second kappa shape index (κ2) is 8.35. The molecule has 0 heterocycles. The Balaban J connectivity index is 2.11. The lowest BCUT2D eigenvalue weighted by molar-refractivity contribution is 0.0645. The van der Waals surface area contributed by atoms with Crippen molar-refractivity contribution in [3.8, 4) is 0 Å². The van der Waals surface area contributed by atoms with Gasteiger partial charge in [-0.25, -0.2) is 0 Å². The van der Waals surface area contributed by atoms with E-state index in [0.29, 0.717) is 6.10 Å². The maximum absolute atomic E-state index is 5.83. The average Bonchev–Trinajstić information content (AvgIpc) is 2.31. The van der Waals surface area contributed by atoms with Gasteiger partial charge in [0.15, 0.2) is 0 Å². The predicted octanol–water partition coefficient (Wildman–Crippen LogP) is 3.11. The van der Waals surface area contributed by atoms with Gasteiger partial charge in [-0.1, -0.05) is 11.6 Å². The molecule has 0 bridgehead atoms. The second-order valence-electron chi connectivity index (χ2n) is 4.66. The van der Waals surface area contributed by atoms with Crippen LogP contribution >= 0.6 is 11.6 Å². The number of likely N-dealkylation sites (N-methyl/N-ethyl adjacent to an activating group) is 1. The minimum atomic E-state index is 0.311. The van der Waals surface area contributed by atoms with Crippen LogP contribution in [0.4, 0.5) is 5.69 Å². The van der Waals surface area contributed by atoms with Crippen LogP contribution in [0, 0.1) is 0 Å². The molecule has 0 saturated carbocycles. The van der Waals surface area contributed by atoms with E-state index in [9.17, 15) is 0 Å². The zero-order chi connectivity index (χ0) is 13.4. The number of nitrogens with zero attached hydrogens (tertiary/aromatic N) is 1. The Labute approximate surface area is 115 Å². The molecule has 102 valence electrons. The van der Waals surface area contributed by atoms with E-state index in [1.807, 2.05) is 24.3 Å². The smallest absolute Gasteiger partial charge is 0.0596 e. The van der Waals surface area contributed by atoms with Crippen LogP contribution < -0.4 is 5.32 Å². The van der Waals surface area contributed by atoms with Gasteiger partial charge in [0.25, 0.3) is 0 Å². The molecule has 0 aliphatic heterocycles. The zero-order valence-electron chi connectivity index (χ0n) is 11.4. The van der Waals surface area contributed by atoms with E-state index in [-0.39, 0.29) is 0 Å². The topological polar surface area (TPSA) is 24.5 Å². The van der Waals surface area contributed by atoms with E-state index >= 15 is 0 Å². The Bertz CT molecular complexity index is 327. The average molecular weight is 271 g/mol. The molecule has 0 spiro atoms. The molecule has 0 aliphatic rings. The van der Waals surface area contributed by atoms with Crippen molar-refractivity contribution in [2.75, 3.05) is 38.6 Å². The molecule has 1 N–H and O–H groups in total. The van der Waals surface area contributed by atoms with Crippen molar-refractivity contribution < 1.29 is 4.74 Å². The second-order valence-corrected chi connectivity index (χ2v) is 5.09. The molecule has 3 nitrogen and oxygen atoms in total. The van der Waals surface area contributed by atoms with Gasteiger partial charge in [0, 0.05) is 30.3 Å². The van der Waals surface area contributed by atoms with Gasteiger partial charge in [0.2, 0.25) is 0 Å². The summed E-state index contributed by atoms with van der Waals surface area (Å²) < 4.78 is 5.51. The summed E-state index contributed by atoms with van der Waals surface area (Å²) in [5.74, 6) is 0. The van der Waals surface area contributed by atoms with Crippen LogP contribution in [-0.4, -0.2) is 44.3 Å². The van der Waals surface area contributed by atoms with Crippen LogP contribution in [0.5, 0.6) is 0 Å². The number of halogens is 1. The third kappa shape index (κ3) is 6.84. The molecule has 1 aromatic carbocycles. The molecule has 0 amide bonds. The van der Waals surface area contributed by atoms with Crippen molar-refractivity contribution in [2.45, 2.75) is 20.0 Å². The zero-order valence-corrected chi connectivity index (χ0v) is 12.2. The highest BCUT2D eigenvalue weighted by atomic mass is 35.5. The van der Waals surface area contributed by atoms with Gasteiger partial charge in [0.05, 0.1) is 12.7 Å². The number of rotatable bonds is 8. The summed E-state index contributed by atoms with van der Waals surface area (Å²) in [6.07, 6.45) is 0.311. The van der Waals surface area contributed by atoms with Crippen LogP contribution in [0.3, 0.4) is 0 Å². The minimum absolute atomic E-state index is 0.311. The van der Waals surface area contributed by atoms with Gasteiger partial charge >= 0.3 is 0 Å². The van der Waals surface area contributed by atoms with Gasteiger partial charge < -0.3 is 15.0 Å². The molecule has 4 heteroatoms. The van der Waals surface area contributed by atoms with Crippen molar-refractivity contribution in [1.29, 1.82) is 0 Å². The van der Waals surface area contributed by atoms with Crippen molar-refractivity contribution >= 4 is 17.3 Å². The molecule has 0 aliphatic carbocycles. The normalized spacial score (nSPS) is 11.2. The fourth-order valence-electron chi connectivity index (χ4n) is 1.51. The van der Waals surface area contributed by atoms with Gasteiger partial charge in [-0.15, -0.1) is 0 Å². The lowest BCUT2D eigenvalue weighted by Crippen LogP contribution is -2.29. The highest BCUT2D eigenvalue weighted by molar-refractivity contribution is 6.30. The molecule has 0 fully saturated rings. The Morgan fingerprint density at radius 3 is 2.50 bits per heavy atom. The van der Waals surface area contributed by atoms with Crippen LogP contribution in [0.25, 0.3) is 0 Å². The molecule has 0 radical (unpaired) electrons. The third-order valence-electron chi connectivity index (χ3n) is 2.59. The highest BCUT2D eigenvalue weighted by Gasteiger charge is 1.99. The first-order valence-electron chi connectivity index (χ1n) is 6.37. The molecule has 1 aromatic rings. The number of hydrogen-bond acceptors (Lipinski definition) is 3.